The van der Waals surface area contributed by atoms with E-state index in [2.05, 4.69) is 50.5 Å². The van der Waals surface area contributed by atoms with Gasteiger partial charge in [0.05, 0.1) is 20.8 Å². The van der Waals surface area contributed by atoms with Crippen molar-refractivity contribution in [2.75, 3.05) is 7.11 Å². The van der Waals surface area contributed by atoms with Crippen LogP contribution in [0.3, 0.4) is 0 Å². The molecule has 26 heavy (non-hydrogen) atoms. The van der Waals surface area contributed by atoms with E-state index in [4.69, 9.17) is 4.74 Å². The maximum atomic E-state index is 12.6. The van der Waals surface area contributed by atoms with Crippen molar-refractivity contribution in [3.8, 4) is 5.75 Å². The molecule has 3 rings (SSSR count). The van der Waals surface area contributed by atoms with Gasteiger partial charge in [-0.3, -0.25) is 9.69 Å². The molecular weight excluding hydrogens is 558 g/mol. The topological polar surface area (TPSA) is 58.6 Å². The summed E-state index contributed by atoms with van der Waals surface area (Å²) in [4.78, 5) is 26.1. The third-order valence-electron chi connectivity index (χ3n) is 3.92. The normalized spacial score (nSPS) is 15.5. The summed E-state index contributed by atoms with van der Waals surface area (Å²) >= 11 is 4.38. The molecule has 0 atom stereocenters. The number of methoxy groups -OCH3 is 1. The summed E-state index contributed by atoms with van der Waals surface area (Å²) in [5.74, 6) is 0.480. The number of hydrogen-bond donors (Lipinski definition) is 1. The third-order valence-corrected chi connectivity index (χ3v) is 5.52. The lowest BCUT2D eigenvalue weighted by Crippen LogP contribution is -2.30. The highest BCUT2D eigenvalue weighted by molar-refractivity contribution is 14.1. The van der Waals surface area contributed by atoms with Gasteiger partial charge in [-0.2, -0.15) is 0 Å². The molecule has 1 saturated heterocycles. The zero-order valence-electron chi connectivity index (χ0n) is 14.2. The lowest BCUT2D eigenvalue weighted by molar-refractivity contribution is -0.123. The average molecular weight is 574 g/mol. The van der Waals surface area contributed by atoms with Crippen LogP contribution in [-0.4, -0.2) is 23.9 Å². The van der Waals surface area contributed by atoms with Gasteiger partial charge in [0, 0.05) is 0 Å². The highest BCUT2D eigenvalue weighted by atomic mass is 127. The maximum absolute atomic E-state index is 12.6. The molecule has 0 unspecified atom stereocenters. The van der Waals surface area contributed by atoms with Crippen molar-refractivity contribution in [1.82, 2.24) is 10.2 Å². The van der Waals surface area contributed by atoms with E-state index in [9.17, 15) is 9.59 Å². The minimum absolute atomic E-state index is 0.251. The largest absolute Gasteiger partial charge is 0.495 e. The summed E-state index contributed by atoms with van der Waals surface area (Å²) in [7, 11) is 1.63. The number of nitrogens with one attached hydrogen (secondary N) is 1. The third kappa shape index (κ3) is 4.03. The van der Waals surface area contributed by atoms with Gasteiger partial charge in [-0.15, -0.1) is 0 Å². The zero-order chi connectivity index (χ0) is 18.8. The minimum atomic E-state index is -0.402. The van der Waals surface area contributed by atoms with Crippen LogP contribution in [0, 0.1) is 14.1 Å². The van der Waals surface area contributed by atoms with Gasteiger partial charge in [0.1, 0.15) is 11.4 Å². The summed E-state index contributed by atoms with van der Waals surface area (Å²) in [5.41, 5.74) is 3.12. The van der Waals surface area contributed by atoms with Gasteiger partial charge in [-0.1, -0.05) is 29.8 Å². The van der Waals surface area contributed by atoms with E-state index < -0.39 is 6.03 Å². The number of benzene rings is 2. The molecule has 1 heterocycles. The second-order valence-corrected chi connectivity index (χ2v) is 8.21. The summed E-state index contributed by atoms with van der Waals surface area (Å²) in [6.07, 6.45) is 1.69. The zero-order valence-corrected chi connectivity index (χ0v) is 18.5. The molecule has 7 heteroatoms. The molecular formula is C19H16I2N2O3. The highest BCUT2D eigenvalue weighted by Gasteiger charge is 2.33. The molecule has 134 valence electrons. The smallest absolute Gasteiger partial charge is 0.329 e. The van der Waals surface area contributed by atoms with Gasteiger partial charge < -0.3 is 10.1 Å². The number of aryl methyl sites for hydroxylation is 1. The fourth-order valence-corrected chi connectivity index (χ4v) is 4.99. The van der Waals surface area contributed by atoms with E-state index in [1.165, 1.54) is 4.90 Å². The standard InChI is InChI=1S/C19H16I2N2O3/c1-11-4-3-5-12(6-11)10-23-18(24)16(22-19(23)25)9-13-7-14(20)17(26-2)15(21)8-13/h3-9H,10H2,1-2H3,(H,22,25)/b16-9+. The maximum Gasteiger partial charge on any atom is 0.329 e. The van der Waals surface area contributed by atoms with Crippen molar-refractivity contribution < 1.29 is 14.3 Å². The van der Waals surface area contributed by atoms with Crippen molar-refractivity contribution in [2.45, 2.75) is 13.5 Å². The quantitative estimate of drug-likeness (QED) is 0.337. The van der Waals surface area contributed by atoms with Crippen molar-refractivity contribution >= 4 is 63.2 Å². The molecule has 5 nitrogen and oxygen atoms in total. The lowest BCUT2D eigenvalue weighted by Gasteiger charge is -2.12. The number of nitrogens with zero attached hydrogens (tertiary/aromatic N) is 1. The number of urea groups is 1. The number of amides is 3. The van der Waals surface area contributed by atoms with Crippen LogP contribution in [0.4, 0.5) is 4.79 Å². The molecule has 0 saturated carbocycles. The summed E-state index contributed by atoms with van der Waals surface area (Å²) < 4.78 is 7.24. The van der Waals surface area contributed by atoms with Gasteiger partial charge in [0.15, 0.2) is 0 Å². The number of carbonyl (C=O) groups is 2. The number of carbonyl (C=O) groups excluding carboxylic acids is 2. The molecule has 3 amide bonds. The van der Waals surface area contributed by atoms with Gasteiger partial charge in [0.2, 0.25) is 0 Å². The van der Waals surface area contributed by atoms with Gasteiger partial charge in [-0.25, -0.2) is 4.79 Å². The Hall–Kier alpha value is -1.62. The van der Waals surface area contributed by atoms with Crippen LogP contribution in [0.5, 0.6) is 5.75 Å². The Labute approximate surface area is 179 Å². The Morgan fingerprint density at radius 1 is 1.15 bits per heavy atom. The lowest BCUT2D eigenvalue weighted by atomic mass is 10.1. The first-order valence-corrected chi connectivity index (χ1v) is 9.98. The van der Waals surface area contributed by atoms with Crippen LogP contribution in [0.2, 0.25) is 0 Å². The first-order valence-electron chi connectivity index (χ1n) is 7.82. The van der Waals surface area contributed by atoms with Crippen LogP contribution >= 0.6 is 45.2 Å². The molecule has 1 aliphatic heterocycles. The molecule has 0 bridgehead atoms. The molecule has 2 aromatic carbocycles. The van der Waals surface area contributed by atoms with Gasteiger partial charge >= 0.3 is 6.03 Å². The first kappa shape index (κ1) is 19.2. The highest BCUT2D eigenvalue weighted by Crippen LogP contribution is 2.29. The van der Waals surface area contributed by atoms with Gasteiger partial charge in [0.25, 0.3) is 5.91 Å². The van der Waals surface area contributed by atoms with E-state index in [1.807, 2.05) is 43.3 Å². The second kappa shape index (κ2) is 7.95. The number of halogens is 2. The molecule has 0 spiro atoms. The van der Waals surface area contributed by atoms with E-state index >= 15 is 0 Å². The number of hydrogen-bond acceptors (Lipinski definition) is 3. The Morgan fingerprint density at radius 2 is 1.85 bits per heavy atom. The predicted octanol–water partition coefficient (Wildman–Crippen LogP) is 4.31. The minimum Gasteiger partial charge on any atom is -0.495 e. The van der Waals surface area contributed by atoms with Crippen molar-refractivity contribution in [3.63, 3.8) is 0 Å². The van der Waals surface area contributed by atoms with Gasteiger partial charge in [-0.05, 0) is 81.4 Å². The second-order valence-electron chi connectivity index (χ2n) is 5.89. The average Bonchev–Trinajstić information content (AvgIpc) is 2.82. The fourth-order valence-electron chi connectivity index (χ4n) is 2.73. The van der Waals surface area contributed by atoms with E-state index in [0.717, 1.165) is 29.6 Å². The van der Waals surface area contributed by atoms with Crippen LogP contribution in [0.25, 0.3) is 6.08 Å². The summed E-state index contributed by atoms with van der Waals surface area (Å²) in [6, 6.07) is 11.2. The predicted molar refractivity (Wildman–Crippen MR) is 117 cm³/mol. The van der Waals surface area contributed by atoms with Crippen LogP contribution in [0.15, 0.2) is 42.1 Å². The Balaban J connectivity index is 1.85. The Kier molecular flexibility index (Phi) is 5.86. The van der Waals surface area contributed by atoms with Crippen molar-refractivity contribution in [1.29, 1.82) is 0 Å². The molecule has 0 aliphatic carbocycles. The van der Waals surface area contributed by atoms with Crippen molar-refractivity contribution in [2.24, 2.45) is 0 Å². The van der Waals surface area contributed by atoms with E-state index in [0.29, 0.717) is 0 Å². The fraction of sp³-hybridized carbons (Fsp3) is 0.158. The molecule has 0 aromatic heterocycles. The molecule has 0 radical (unpaired) electrons. The van der Waals surface area contributed by atoms with Crippen LogP contribution in [-0.2, 0) is 11.3 Å². The number of ether oxygens (including phenoxy) is 1. The molecule has 1 fully saturated rings. The molecule has 2 aromatic rings. The van der Waals surface area contributed by atoms with E-state index in [-0.39, 0.29) is 18.1 Å². The monoisotopic (exact) mass is 574 g/mol. The first-order chi connectivity index (χ1) is 12.4. The van der Waals surface area contributed by atoms with E-state index in [1.54, 1.807) is 13.2 Å². The Morgan fingerprint density at radius 3 is 2.46 bits per heavy atom. The molecule has 1 N–H and O–H groups in total. The molecule has 1 aliphatic rings. The van der Waals surface area contributed by atoms with Crippen LogP contribution in [0.1, 0.15) is 16.7 Å². The summed E-state index contributed by atoms with van der Waals surface area (Å²) in [6.45, 7) is 2.23. The van der Waals surface area contributed by atoms with Crippen LogP contribution < -0.4 is 10.1 Å². The number of imide groups is 1. The SMILES string of the molecule is COc1c(I)cc(/C=C2/NC(=O)N(Cc3cccc(C)c3)C2=O)cc1I. The van der Waals surface area contributed by atoms with Crippen molar-refractivity contribution in [3.05, 3.63) is 65.9 Å². The Bertz CT molecular complexity index is 902. The number of rotatable bonds is 4. The summed E-state index contributed by atoms with van der Waals surface area (Å²) in [5, 5.41) is 2.67.